The van der Waals surface area contributed by atoms with Crippen molar-refractivity contribution < 1.29 is 4.39 Å². The van der Waals surface area contributed by atoms with Gasteiger partial charge in [-0.05, 0) is 31.0 Å². The zero-order valence-corrected chi connectivity index (χ0v) is 13.1. The molecule has 0 bridgehead atoms. The van der Waals surface area contributed by atoms with Crippen molar-refractivity contribution in [2.45, 2.75) is 26.9 Å². The van der Waals surface area contributed by atoms with E-state index in [1.54, 1.807) is 6.07 Å². The zero-order chi connectivity index (χ0) is 15.5. The highest BCUT2D eigenvalue weighted by Crippen LogP contribution is 2.13. The number of piperazine rings is 1. The number of aryl methyl sites for hydroxylation is 2. The van der Waals surface area contributed by atoms with Crippen molar-refractivity contribution in [3.8, 4) is 0 Å². The van der Waals surface area contributed by atoms with Gasteiger partial charge >= 0.3 is 0 Å². The predicted octanol–water partition coefficient (Wildman–Crippen LogP) is 1.88. The number of rotatable bonds is 4. The van der Waals surface area contributed by atoms with Gasteiger partial charge in [-0.25, -0.2) is 9.37 Å². The molecule has 22 heavy (non-hydrogen) atoms. The minimum atomic E-state index is -0.129. The van der Waals surface area contributed by atoms with Crippen LogP contribution >= 0.6 is 0 Å². The lowest BCUT2D eigenvalue weighted by Gasteiger charge is -2.34. The first-order chi connectivity index (χ1) is 10.6. The van der Waals surface area contributed by atoms with Crippen molar-refractivity contribution in [2.75, 3.05) is 26.2 Å². The number of nitrogens with zero attached hydrogens (tertiary/aromatic N) is 4. The Balaban J connectivity index is 1.50. The van der Waals surface area contributed by atoms with Gasteiger partial charge < -0.3 is 0 Å². The van der Waals surface area contributed by atoms with Gasteiger partial charge in [0.15, 0.2) is 5.82 Å². The SMILES string of the molecule is Cc1nc(CN2CCN(Cc3ccc(F)c(C)c3)CC2)n[nH]1. The number of halogens is 1. The van der Waals surface area contributed by atoms with Gasteiger partial charge in [-0.15, -0.1) is 0 Å². The summed E-state index contributed by atoms with van der Waals surface area (Å²) < 4.78 is 13.3. The molecule has 3 rings (SSSR count). The second-order valence-corrected chi connectivity index (χ2v) is 5.97. The van der Waals surface area contributed by atoms with Crippen molar-refractivity contribution in [3.05, 3.63) is 46.8 Å². The van der Waals surface area contributed by atoms with Crippen molar-refractivity contribution in [3.63, 3.8) is 0 Å². The molecule has 2 aromatic rings. The lowest BCUT2D eigenvalue weighted by Crippen LogP contribution is -2.45. The highest BCUT2D eigenvalue weighted by Gasteiger charge is 2.18. The molecular weight excluding hydrogens is 281 g/mol. The highest BCUT2D eigenvalue weighted by atomic mass is 19.1. The Morgan fingerprint density at radius 2 is 1.77 bits per heavy atom. The second-order valence-electron chi connectivity index (χ2n) is 5.97. The van der Waals surface area contributed by atoms with Gasteiger partial charge in [0.25, 0.3) is 0 Å². The summed E-state index contributed by atoms with van der Waals surface area (Å²) in [6.07, 6.45) is 0. The zero-order valence-electron chi connectivity index (χ0n) is 13.1. The van der Waals surface area contributed by atoms with Crippen LogP contribution in [0.4, 0.5) is 4.39 Å². The molecule has 0 radical (unpaired) electrons. The molecule has 1 fully saturated rings. The number of aromatic amines is 1. The van der Waals surface area contributed by atoms with Crippen LogP contribution in [0.15, 0.2) is 18.2 Å². The quantitative estimate of drug-likeness (QED) is 0.937. The van der Waals surface area contributed by atoms with Crippen LogP contribution in [0.25, 0.3) is 0 Å². The molecular formula is C16H22FN5. The molecule has 1 N–H and O–H groups in total. The Morgan fingerprint density at radius 1 is 1.09 bits per heavy atom. The van der Waals surface area contributed by atoms with Crippen LogP contribution in [-0.4, -0.2) is 51.2 Å². The Labute approximate surface area is 130 Å². The molecule has 118 valence electrons. The van der Waals surface area contributed by atoms with Gasteiger partial charge in [-0.1, -0.05) is 12.1 Å². The van der Waals surface area contributed by atoms with Gasteiger partial charge in [-0.2, -0.15) is 5.10 Å². The molecule has 1 aromatic carbocycles. The van der Waals surface area contributed by atoms with Gasteiger partial charge in [0.05, 0.1) is 6.54 Å². The number of hydrogen-bond acceptors (Lipinski definition) is 4. The molecule has 0 unspecified atom stereocenters. The third kappa shape index (κ3) is 3.69. The number of benzene rings is 1. The summed E-state index contributed by atoms with van der Waals surface area (Å²) in [4.78, 5) is 9.13. The first-order valence-corrected chi connectivity index (χ1v) is 7.68. The maximum Gasteiger partial charge on any atom is 0.164 e. The molecule has 1 aliphatic heterocycles. The maximum atomic E-state index is 13.3. The Morgan fingerprint density at radius 3 is 2.36 bits per heavy atom. The van der Waals surface area contributed by atoms with Crippen LogP contribution in [0.1, 0.15) is 22.8 Å². The topological polar surface area (TPSA) is 48.1 Å². The average molecular weight is 303 g/mol. The molecule has 0 atom stereocenters. The summed E-state index contributed by atoms with van der Waals surface area (Å²) >= 11 is 0. The molecule has 1 aliphatic rings. The van der Waals surface area contributed by atoms with Gasteiger partial charge in [0.1, 0.15) is 11.6 Å². The Bertz CT molecular complexity index is 631. The fraction of sp³-hybridized carbons (Fsp3) is 0.500. The van der Waals surface area contributed by atoms with E-state index in [4.69, 9.17) is 0 Å². The lowest BCUT2D eigenvalue weighted by atomic mass is 10.1. The summed E-state index contributed by atoms with van der Waals surface area (Å²) in [6.45, 7) is 9.46. The first kappa shape index (κ1) is 15.1. The largest absolute Gasteiger partial charge is 0.297 e. The van der Waals surface area contributed by atoms with Gasteiger partial charge in [-0.3, -0.25) is 14.9 Å². The average Bonchev–Trinajstić information content (AvgIpc) is 2.90. The van der Waals surface area contributed by atoms with Crippen LogP contribution in [0.2, 0.25) is 0 Å². The third-order valence-electron chi connectivity index (χ3n) is 4.10. The number of nitrogens with one attached hydrogen (secondary N) is 1. The maximum absolute atomic E-state index is 13.3. The molecule has 1 aromatic heterocycles. The van der Waals surface area contributed by atoms with Crippen molar-refractivity contribution in [2.24, 2.45) is 0 Å². The van der Waals surface area contributed by atoms with Crippen LogP contribution < -0.4 is 0 Å². The van der Waals surface area contributed by atoms with E-state index in [1.807, 2.05) is 26.0 Å². The Hall–Kier alpha value is -1.79. The minimum Gasteiger partial charge on any atom is -0.297 e. The fourth-order valence-electron chi connectivity index (χ4n) is 2.83. The van der Waals surface area contributed by atoms with Crippen molar-refractivity contribution >= 4 is 0 Å². The number of aromatic nitrogens is 3. The molecule has 0 amide bonds. The van der Waals surface area contributed by atoms with E-state index in [1.165, 1.54) is 5.56 Å². The highest BCUT2D eigenvalue weighted by molar-refractivity contribution is 5.23. The van der Waals surface area contributed by atoms with Gasteiger partial charge in [0.2, 0.25) is 0 Å². The summed E-state index contributed by atoms with van der Waals surface area (Å²) in [6, 6.07) is 5.38. The van der Waals surface area contributed by atoms with Crippen molar-refractivity contribution in [1.29, 1.82) is 0 Å². The predicted molar refractivity (Wildman–Crippen MR) is 82.8 cm³/mol. The van der Waals surface area contributed by atoms with E-state index < -0.39 is 0 Å². The van der Waals surface area contributed by atoms with E-state index in [0.717, 1.165) is 56.5 Å². The second kappa shape index (κ2) is 6.54. The summed E-state index contributed by atoms with van der Waals surface area (Å²) in [7, 11) is 0. The monoisotopic (exact) mass is 303 g/mol. The molecule has 5 nitrogen and oxygen atoms in total. The Kier molecular flexibility index (Phi) is 4.49. The van der Waals surface area contributed by atoms with Crippen LogP contribution in [-0.2, 0) is 13.1 Å². The smallest absolute Gasteiger partial charge is 0.164 e. The molecule has 1 saturated heterocycles. The fourth-order valence-corrected chi connectivity index (χ4v) is 2.83. The van der Waals surface area contributed by atoms with Crippen molar-refractivity contribution in [1.82, 2.24) is 25.0 Å². The van der Waals surface area contributed by atoms with E-state index in [0.29, 0.717) is 0 Å². The van der Waals surface area contributed by atoms with E-state index >= 15 is 0 Å². The third-order valence-corrected chi connectivity index (χ3v) is 4.10. The van der Waals surface area contributed by atoms with E-state index in [2.05, 4.69) is 25.0 Å². The molecule has 0 aliphatic carbocycles. The summed E-state index contributed by atoms with van der Waals surface area (Å²) in [5.74, 6) is 1.59. The first-order valence-electron chi connectivity index (χ1n) is 7.68. The van der Waals surface area contributed by atoms with Crippen LogP contribution in [0.3, 0.4) is 0 Å². The molecule has 6 heteroatoms. The van der Waals surface area contributed by atoms with Crippen LogP contribution in [0, 0.1) is 19.7 Å². The minimum absolute atomic E-state index is 0.129. The summed E-state index contributed by atoms with van der Waals surface area (Å²) in [5, 5.41) is 7.07. The number of H-pyrrole nitrogens is 1. The summed E-state index contributed by atoms with van der Waals surface area (Å²) in [5.41, 5.74) is 1.90. The lowest BCUT2D eigenvalue weighted by molar-refractivity contribution is 0.120. The molecule has 0 saturated carbocycles. The standard InChI is InChI=1S/C16H22FN5/c1-12-9-14(3-4-15(12)17)10-21-5-7-22(8-6-21)11-16-18-13(2)19-20-16/h3-4,9H,5-8,10-11H2,1-2H3,(H,18,19,20). The van der Waals surface area contributed by atoms with Gasteiger partial charge in [0, 0.05) is 32.7 Å². The molecule has 0 spiro atoms. The number of hydrogen-bond donors (Lipinski definition) is 1. The normalized spacial score (nSPS) is 17.0. The van der Waals surface area contributed by atoms with Crippen LogP contribution in [0.5, 0.6) is 0 Å². The van der Waals surface area contributed by atoms with E-state index in [9.17, 15) is 4.39 Å². The van der Waals surface area contributed by atoms with E-state index in [-0.39, 0.29) is 5.82 Å². The molecule has 2 heterocycles.